The van der Waals surface area contributed by atoms with Crippen LogP contribution in [0.3, 0.4) is 0 Å². The monoisotopic (exact) mass is 307 g/mol. The molecule has 2 unspecified atom stereocenters. The van der Waals surface area contributed by atoms with E-state index >= 15 is 0 Å². The van der Waals surface area contributed by atoms with Crippen molar-refractivity contribution in [1.82, 2.24) is 4.90 Å². The molecule has 0 saturated heterocycles. The number of carboxylic acids is 1. The third-order valence-corrected chi connectivity index (χ3v) is 5.15. The van der Waals surface area contributed by atoms with Crippen molar-refractivity contribution in [1.29, 1.82) is 0 Å². The number of carboxylic acid groups (broad SMARTS) is 1. The van der Waals surface area contributed by atoms with E-state index in [1.54, 1.807) is 12.1 Å². The van der Waals surface area contributed by atoms with Crippen molar-refractivity contribution in [2.45, 2.75) is 38.6 Å². The Labute approximate surface area is 129 Å². The Kier molecular flexibility index (Phi) is 5.17. The van der Waals surface area contributed by atoms with Crippen LogP contribution in [0.25, 0.3) is 6.08 Å². The Balaban J connectivity index is 2.07. The minimum Gasteiger partial charge on any atom is -0.478 e. The molecule has 1 amide bonds. The molecule has 0 radical (unpaired) electrons. The lowest BCUT2D eigenvalue weighted by Crippen LogP contribution is -2.42. The first kappa shape index (κ1) is 15.8. The third-order valence-electron chi connectivity index (χ3n) is 4.11. The van der Waals surface area contributed by atoms with Crippen molar-refractivity contribution in [2.75, 3.05) is 7.05 Å². The molecule has 0 aliphatic heterocycles. The molecule has 5 heteroatoms. The summed E-state index contributed by atoms with van der Waals surface area (Å²) in [7, 11) is 1.88. The van der Waals surface area contributed by atoms with Gasteiger partial charge in [-0.1, -0.05) is 19.8 Å². The van der Waals surface area contributed by atoms with E-state index in [2.05, 4.69) is 6.92 Å². The van der Waals surface area contributed by atoms with Crippen LogP contribution in [0.15, 0.2) is 18.2 Å². The summed E-state index contributed by atoms with van der Waals surface area (Å²) < 4.78 is 0. The summed E-state index contributed by atoms with van der Waals surface area (Å²) >= 11 is 1.34. The van der Waals surface area contributed by atoms with Crippen LogP contribution in [0.1, 0.15) is 47.2 Å². The first-order valence-corrected chi connectivity index (χ1v) is 8.08. The lowest BCUT2D eigenvalue weighted by Gasteiger charge is -2.36. The van der Waals surface area contributed by atoms with Gasteiger partial charge in [0.25, 0.3) is 5.91 Å². The quantitative estimate of drug-likeness (QED) is 0.866. The molecule has 1 heterocycles. The fourth-order valence-corrected chi connectivity index (χ4v) is 3.80. The molecule has 1 saturated carbocycles. The number of carbonyl (C=O) groups excluding carboxylic acids is 1. The van der Waals surface area contributed by atoms with Crippen LogP contribution in [-0.4, -0.2) is 35.0 Å². The molecule has 0 spiro atoms. The van der Waals surface area contributed by atoms with Crippen molar-refractivity contribution < 1.29 is 14.7 Å². The number of hydrogen-bond donors (Lipinski definition) is 1. The van der Waals surface area contributed by atoms with Gasteiger partial charge in [-0.05, 0) is 37.0 Å². The normalized spacial score (nSPS) is 22.4. The molecule has 1 aliphatic rings. The first-order valence-electron chi connectivity index (χ1n) is 7.27. The van der Waals surface area contributed by atoms with Crippen LogP contribution in [-0.2, 0) is 4.79 Å². The van der Waals surface area contributed by atoms with Gasteiger partial charge >= 0.3 is 5.97 Å². The zero-order chi connectivity index (χ0) is 15.4. The minimum absolute atomic E-state index is 0.0359. The molecule has 1 aromatic heterocycles. The van der Waals surface area contributed by atoms with Crippen molar-refractivity contribution in [3.8, 4) is 0 Å². The smallest absolute Gasteiger partial charge is 0.328 e. The summed E-state index contributed by atoms with van der Waals surface area (Å²) in [5, 5.41) is 8.62. The molecular weight excluding hydrogens is 286 g/mol. The van der Waals surface area contributed by atoms with Gasteiger partial charge in [0.2, 0.25) is 0 Å². The highest BCUT2D eigenvalue weighted by Crippen LogP contribution is 2.29. The summed E-state index contributed by atoms with van der Waals surface area (Å²) in [4.78, 5) is 26.4. The van der Waals surface area contributed by atoms with Crippen LogP contribution in [0.2, 0.25) is 0 Å². The predicted octanol–water partition coefficient (Wildman–Crippen LogP) is 3.50. The van der Waals surface area contributed by atoms with E-state index in [0.717, 1.165) is 17.4 Å². The second-order valence-corrected chi connectivity index (χ2v) is 6.73. The van der Waals surface area contributed by atoms with Crippen LogP contribution in [0, 0.1) is 5.92 Å². The van der Waals surface area contributed by atoms with E-state index in [1.165, 1.54) is 36.7 Å². The predicted molar refractivity (Wildman–Crippen MR) is 84.5 cm³/mol. The van der Waals surface area contributed by atoms with E-state index < -0.39 is 5.97 Å². The van der Waals surface area contributed by atoms with Gasteiger partial charge in [0.15, 0.2) is 0 Å². The second-order valence-electron chi connectivity index (χ2n) is 5.62. The molecule has 21 heavy (non-hydrogen) atoms. The number of aliphatic carboxylic acids is 1. The van der Waals surface area contributed by atoms with E-state index in [9.17, 15) is 9.59 Å². The number of nitrogens with zero attached hydrogens (tertiary/aromatic N) is 1. The van der Waals surface area contributed by atoms with Crippen molar-refractivity contribution in [3.63, 3.8) is 0 Å². The van der Waals surface area contributed by atoms with E-state index in [1.807, 2.05) is 11.9 Å². The standard InChI is InChI=1S/C16H21NO3S/c1-11-5-3-4-6-13(11)17(2)16(20)14-9-7-12(21-14)8-10-15(18)19/h7-11,13H,3-6H2,1-2H3,(H,18,19). The van der Waals surface area contributed by atoms with Crippen LogP contribution in [0.4, 0.5) is 0 Å². The van der Waals surface area contributed by atoms with Gasteiger partial charge in [-0.3, -0.25) is 4.79 Å². The van der Waals surface area contributed by atoms with E-state index in [0.29, 0.717) is 16.8 Å². The minimum atomic E-state index is -0.982. The van der Waals surface area contributed by atoms with Gasteiger partial charge in [-0.25, -0.2) is 4.79 Å². The maximum atomic E-state index is 12.5. The molecule has 2 rings (SSSR count). The molecule has 1 aromatic rings. The van der Waals surface area contributed by atoms with E-state index in [-0.39, 0.29) is 5.91 Å². The average Bonchev–Trinajstić information content (AvgIpc) is 2.93. The number of hydrogen-bond acceptors (Lipinski definition) is 3. The fourth-order valence-electron chi connectivity index (χ4n) is 2.91. The summed E-state index contributed by atoms with van der Waals surface area (Å²) in [6.07, 6.45) is 7.30. The van der Waals surface area contributed by atoms with Crippen LogP contribution >= 0.6 is 11.3 Å². The molecule has 0 aromatic carbocycles. The maximum absolute atomic E-state index is 12.5. The summed E-state index contributed by atoms with van der Waals surface area (Å²) in [5.41, 5.74) is 0. The molecular formula is C16H21NO3S. The number of rotatable bonds is 4. The Morgan fingerprint density at radius 2 is 2.05 bits per heavy atom. The second kappa shape index (κ2) is 6.89. The van der Waals surface area contributed by atoms with Gasteiger partial charge in [0.1, 0.15) is 0 Å². The molecule has 2 atom stereocenters. The van der Waals surface area contributed by atoms with Gasteiger partial charge in [0, 0.05) is 24.0 Å². The molecule has 1 aliphatic carbocycles. The Hall–Kier alpha value is -1.62. The van der Waals surface area contributed by atoms with Crippen LogP contribution in [0.5, 0.6) is 0 Å². The number of carbonyl (C=O) groups is 2. The van der Waals surface area contributed by atoms with Crippen molar-refractivity contribution in [3.05, 3.63) is 28.0 Å². The third kappa shape index (κ3) is 3.94. The topological polar surface area (TPSA) is 57.6 Å². The first-order chi connectivity index (χ1) is 9.99. The highest BCUT2D eigenvalue weighted by Gasteiger charge is 2.28. The van der Waals surface area contributed by atoms with Crippen LogP contribution < -0.4 is 0 Å². The number of amides is 1. The summed E-state index contributed by atoms with van der Waals surface area (Å²) in [6, 6.07) is 3.87. The van der Waals surface area contributed by atoms with Gasteiger partial charge in [-0.15, -0.1) is 11.3 Å². The molecule has 0 bridgehead atoms. The molecule has 4 nitrogen and oxygen atoms in total. The zero-order valence-electron chi connectivity index (χ0n) is 12.4. The largest absolute Gasteiger partial charge is 0.478 e. The van der Waals surface area contributed by atoms with Gasteiger partial charge in [0.05, 0.1) is 4.88 Å². The van der Waals surface area contributed by atoms with Gasteiger partial charge in [-0.2, -0.15) is 0 Å². The molecule has 1 fully saturated rings. The number of thiophene rings is 1. The molecule has 1 N–H and O–H groups in total. The summed E-state index contributed by atoms with van der Waals surface area (Å²) in [6.45, 7) is 2.21. The fraction of sp³-hybridized carbons (Fsp3) is 0.500. The van der Waals surface area contributed by atoms with Crippen molar-refractivity contribution in [2.24, 2.45) is 5.92 Å². The Morgan fingerprint density at radius 1 is 1.33 bits per heavy atom. The lowest BCUT2D eigenvalue weighted by molar-refractivity contribution is -0.131. The lowest BCUT2D eigenvalue weighted by atomic mass is 9.85. The van der Waals surface area contributed by atoms with E-state index in [4.69, 9.17) is 5.11 Å². The average molecular weight is 307 g/mol. The molecule has 114 valence electrons. The highest BCUT2D eigenvalue weighted by atomic mass is 32.1. The Bertz CT molecular complexity index is 549. The van der Waals surface area contributed by atoms with Gasteiger partial charge < -0.3 is 10.0 Å². The zero-order valence-corrected chi connectivity index (χ0v) is 13.2. The highest BCUT2D eigenvalue weighted by molar-refractivity contribution is 7.14. The Morgan fingerprint density at radius 3 is 2.71 bits per heavy atom. The SMILES string of the molecule is CC1CCCCC1N(C)C(=O)c1ccc(C=CC(=O)O)s1. The van der Waals surface area contributed by atoms with Crippen molar-refractivity contribution >= 4 is 29.3 Å². The summed E-state index contributed by atoms with van der Waals surface area (Å²) in [5.74, 6) is -0.405. The maximum Gasteiger partial charge on any atom is 0.328 e.